The normalized spacial score (nSPS) is 12.3. The first-order valence-corrected chi connectivity index (χ1v) is 12.4. The maximum Gasteiger partial charge on any atom is 0.345 e. The number of urea groups is 1. The van der Waals surface area contributed by atoms with E-state index in [1.54, 1.807) is 6.92 Å². The van der Waals surface area contributed by atoms with Gasteiger partial charge in [-0.15, -0.1) is 11.3 Å². The Labute approximate surface area is 210 Å². The summed E-state index contributed by atoms with van der Waals surface area (Å²) >= 11 is 1.43. The van der Waals surface area contributed by atoms with Gasteiger partial charge in [0, 0.05) is 16.5 Å². The number of halogens is 1. The molecule has 0 bridgehead atoms. The molecule has 3 N–H and O–H groups in total. The van der Waals surface area contributed by atoms with Crippen molar-refractivity contribution in [2.24, 2.45) is 0 Å². The molecule has 0 spiro atoms. The van der Waals surface area contributed by atoms with Crippen molar-refractivity contribution in [3.63, 3.8) is 0 Å². The fourth-order valence-electron chi connectivity index (χ4n) is 3.05. The number of hydrogen-bond donors (Lipinski definition) is 2. The Morgan fingerprint density at radius 1 is 1.31 bits per heavy atom. The molecule has 3 aromatic rings. The molecule has 3 heterocycles. The number of thiophene rings is 1. The topological polar surface area (TPSA) is 93.4 Å². The number of rotatable bonds is 2. The standard InChI is InChI=1S/C19H16FN5O2S.C5H10.C2H6/c1-11-7-14(20)15(24-19(26)25-5-2-6-27-25)8-12(11)3-4-13-9-28-18-16(13)17(21)22-10-23-18;1-3-5-4-2;1-2/h7-10H,2,5-6H2,1H3,(H,24,26)(H2,21,22,23);3,5H,4H2,1-2H3;1-2H3/b;5-3-;. The van der Waals surface area contributed by atoms with E-state index in [0.717, 1.165) is 17.7 Å². The molecule has 1 aliphatic rings. The van der Waals surface area contributed by atoms with Gasteiger partial charge in [-0.05, 0) is 44.4 Å². The van der Waals surface area contributed by atoms with Gasteiger partial charge in [-0.3, -0.25) is 4.84 Å². The number of benzene rings is 1. The van der Waals surface area contributed by atoms with E-state index in [-0.39, 0.29) is 5.69 Å². The lowest BCUT2D eigenvalue weighted by molar-refractivity contribution is -0.0614. The maximum atomic E-state index is 14.3. The molecule has 0 aliphatic carbocycles. The average molecular weight is 498 g/mol. The summed E-state index contributed by atoms with van der Waals surface area (Å²) in [6, 6.07) is 2.35. The molecule has 4 rings (SSSR count). The number of allylic oxidation sites excluding steroid dienone is 2. The molecule has 7 nitrogen and oxygen atoms in total. The lowest BCUT2D eigenvalue weighted by atomic mass is 10.1. The molecule has 0 unspecified atom stereocenters. The molecule has 0 saturated carbocycles. The van der Waals surface area contributed by atoms with Crippen LogP contribution >= 0.6 is 11.3 Å². The van der Waals surface area contributed by atoms with Crippen molar-refractivity contribution in [1.29, 1.82) is 0 Å². The summed E-state index contributed by atoms with van der Waals surface area (Å²) in [5, 5.41) is 6.28. The highest BCUT2D eigenvalue weighted by Gasteiger charge is 2.20. The molecule has 1 fully saturated rings. The number of nitrogens with one attached hydrogen (secondary N) is 1. The zero-order valence-electron chi connectivity index (χ0n) is 20.8. The number of carbonyl (C=O) groups excluding carboxylic acids is 1. The van der Waals surface area contributed by atoms with Crippen LogP contribution in [-0.2, 0) is 4.84 Å². The molecular formula is C26H32FN5O2S. The van der Waals surface area contributed by atoms with Crippen molar-refractivity contribution in [2.75, 3.05) is 24.2 Å². The van der Waals surface area contributed by atoms with E-state index >= 15 is 0 Å². The molecule has 0 radical (unpaired) electrons. The molecule has 1 saturated heterocycles. The van der Waals surface area contributed by atoms with Gasteiger partial charge in [-0.2, -0.15) is 0 Å². The van der Waals surface area contributed by atoms with Gasteiger partial charge in [0.05, 0.1) is 24.2 Å². The van der Waals surface area contributed by atoms with Crippen LogP contribution in [0, 0.1) is 24.6 Å². The van der Waals surface area contributed by atoms with Gasteiger partial charge in [-0.25, -0.2) is 24.2 Å². The van der Waals surface area contributed by atoms with Gasteiger partial charge < -0.3 is 11.1 Å². The number of nitrogens with zero attached hydrogens (tertiary/aromatic N) is 3. The van der Waals surface area contributed by atoms with Crippen LogP contribution in [0.5, 0.6) is 0 Å². The second kappa shape index (κ2) is 14.0. The molecule has 2 amide bonds. The lowest BCUT2D eigenvalue weighted by Crippen LogP contribution is -2.31. The Bertz CT molecular complexity index is 1220. The second-order valence-corrected chi connectivity index (χ2v) is 8.04. The highest BCUT2D eigenvalue weighted by Crippen LogP contribution is 2.27. The van der Waals surface area contributed by atoms with E-state index in [1.807, 2.05) is 26.2 Å². The largest absolute Gasteiger partial charge is 0.383 e. The van der Waals surface area contributed by atoms with E-state index in [1.165, 1.54) is 34.9 Å². The summed E-state index contributed by atoms with van der Waals surface area (Å²) in [5.41, 5.74) is 7.94. The molecular weight excluding hydrogens is 465 g/mol. The van der Waals surface area contributed by atoms with Gasteiger partial charge in [0.2, 0.25) is 0 Å². The van der Waals surface area contributed by atoms with E-state index < -0.39 is 11.8 Å². The van der Waals surface area contributed by atoms with Gasteiger partial charge >= 0.3 is 6.03 Å². The number of aryl methyl sites for hydroxylation is 1. The minimum absolute atomic E-state index is 0.0495. The first-order valence-electron chi connectivity index (χ1n) is 11.6. The minimum Gasteiger partial charge on any atom is -0.383 e. The fraction of sp³-hybridized carbons (Fsp3) is 0.346. The van der Waals surface area contributed by atoms with Crippen molar-refractivity contribution in [3.8, 4) is 11.8 Å². The van der Waals surface area contributed by atoms with Crippen LogP contribution in [0.1, 0.15) is 57.2 Å². The Morgan fingerprint density at radius 3 is 2.69 bits per heavy atom. The van der Waals surface area contributed by atoms with Crippen LogP contribution in [0.3, 0.4) is 0 Å². The highest BCUT2D eigenvalue weighted by atomic mass is 32.1. The van der Waals surface area contributed by atoms with Gasteiger partial charge in [0.25, 0.3) is 0 Å². The minimum atomic E-state index is -0.533. The first-order chi connectivity index (χ1) is 16.9. The first kappa shape index (κ1) is 27.8. The SMILES string of the molecule is C/C=C\CC.CC.Cc1cc(F)c(NC(=O)N2CCCO2)cc1C#Cc1csc2ncnc(N)c12. The number of hydrogen-bond acceptors (Lipinski definition) is 6. The molecule has 1 aliphatic heterocycles. The van der Waals surface area contributed by atoms with E-state index in [0.29, 0.717) is 41.0 Å². The summed E-state index contributed by atoms with van der Waals surface area (Å²) in [6.45, 7) is 10.9. The number of nitrogen functional groups attached to an aromatic ring is 1. The van der Waals surface area contributed by atoms with Crippen molar-refractivity contribution in [3.05, 3.63) is 58.5 Å². The van der Waals surface area contributed by atoms with Crippen LogP contribution < -0.4 is 11.1 Å². The summed E-state index contributed by atoms with van der Waals surface area (Å²) in [4.78, 5) is 26.3. The molecule has 35 heavy (non-hydrogen) atoms. The quantitative estimate of drug-likeness (QED) is 0.321. The number of amides is 2. The summed E-state index contributed by atoms with van der Waals surface area (Å²) < 4.78 is 14.3. The van der Waals surface area contributed by atoms with Gasteiger partial charge in [0.15, 0.2) is 0 Å². The molecule has 2 aromatic heterocycles. The third-order valence-electron chi connectivity index (χ3n) is 4.74. The Morgan fingerprint density at radius 2 is 2.06 bits per heavy atom. The van der Waals surface area contributed by atoms with Crippen LogP contribution in [-0.4, -0.2) is 34.2 Å². The molecule has 1 aromatic carbocycles. The number of nitrogens with two attached hydrogens (primary N) is 1. The Balaban J connectivity index is 0.000000551. The predicted octanol–water partition coefficient (Wildman–Crippen LogP) is 6.29. The van der Waals surface area contributed by atoms with Crippen LogP contribution in [0.4, 0.5) is 20.7 Å². The summed E-state index contributed by atoms with van der Waals surface area (Å²) in [5.74, 6) is 5.91. The number of fused-ring (bicyclic) bond motifs is 1. The highest BCUT2D eigenvalue weighted by molar-refractivity contribution is 7.17. The van der Waals surface area contributed by atoms with E-state index in [2.05, 4.69) is 46.2 Å². The predicted molar refractivity (Wildman–Crippen MR) is 142 cm³/mol. The van der Waals surface area contributed by atoms with Crippen LogP contribution in [0.15, 0.2) is 36.0 Å². The monoisotopic (exact) mass is 497 g/mol. The summed E-state index contributed by atoms with van der Waals surface area (Å²) in [7, 11) is 0. The van der Waals surface area contributed by atoms with E-state index in [9.17, 15) is 9.18 Å². The third kappa shape index (κ3) is 7.50. The Kier molecular flexibility index (Phi) is 11.1. The van der Waals surface area contributed by atoms with Crippen molar-refractivity contribution >= 4 is 39.1 Å². The lowest BCUT2D eigenvalue weighted by Gasteiger charge is -2.15. The van der Waals surface area contributed by atoms with Crippen LogP contribution in [0.2, 0.25) is 0 Å². The Hall–Kier alpha value is -3.48. The fourth-order valence-corrected chi connectivity index (χ4v) is 3.90. The summed E-state index contributed by atoms with van der Waals surface area (Å²) in [6.07, 6.45) is 7.51. The van der Waals surface area contributed by atoms with Crippen molar-refractivity contribution < 1.29 is 14.0 Å². The van der Waals surface area contributed by atoms with Gasteiger partial charge in [0.1, 0.15) is 22.8 Å². The second-order valence-electron chi connectivity index (χ2n) is 7.18. The zero-order valence-corrected chi connectivity index (χ0v) is 21.6. The number of aromatic nitrogens is 2. The van der Waals surface area contributed by atoms with Crippen molar-refractivity contribution in [2.45, 2.75) is 47.5 Å². The van der Waals surface area contributed by atoms with Gasteiger partial charge in [-0.1, -0.05) is 44.8 Å². The number of hydroxylamine groups is 2. The smallest absolute Gasteiger partial charge is 0.345 e. The molecule has 186 valence electrons. The average Bonchev–Trinajstić information content (AvgIpc) is 3.53. The molecule has 0 atom stereocenters. The van der Waals surface area contributed by atoms with Crippen molar-refractivity contribution in [1.82, 2.24) is 15.0 Å². The molecule has 9 heteroatoms. The van der Waals surface area contributed by atoms with E-state index in [4.69, 9.17) is 10.6 Å². The van der Waals surface area contributed by atoms with Crippen LogP contribution in [0.25, 0.3) is 10.2 Å². The zero-order chi connectivity index (χ0) is 25.8. The maximum absolute atomic E-state index is 14.3. The number of anilines is 2. The third-order valence-corrected chi connectivity index (χ3v) is 5.62. The number of carbonyl (C=O) groups is 1.